The summed E-state index contributed by atoms with van der Waals surface area (Å²) in [4.78, 5) is 3.75. The Labute approximate surface area is 103 Å². The van der Waals surface area contributed by atoms with Gasteiger partial charge in [0.1, 0.15) is 5.82 Å². The molecule has 1 aromatic heterocycles. The molecule has 0 aliphatic heterocycles. The number of pyridine rings is 1. The maximum absolute atomic E-state index is 13.0. The lowest BCUT2D eigenvalue weighted by atomic mass is 9.82. The smallest absolute Gasteiger partial charge is 0.141 e. The monoisotopic (exact) mass is 239 g/mol. The van der Waals surface area contributed by atoms with Gasteiger partial charge in [-0.2, -0.15) is 0 Å². The average molecular weight is 239 g/mol. The van der Waals surface area contributed by atoms with Crippen molar-refractivity contribution in [3.05, 3.63) is 29.8 Å². The van der Waals surface area contributed by atoms with E-state index in [1.807, 2.05) is 0 Å². The molecular formula is C14H22FNO. The van der Waals surface area contributed by atoms with Crippen molar-refractivity contribution in [1.82, 2.24) is 4.98 Å². The summed E-state index contributed by atoms with van der Waals surface area (Å²) in [6.07, 6.45) is 3.72. The third-order valence-corrected chi connectivity index (χ3v) is 2.70. The molecule has 0 saturated carbocycles. The van der Waals surface area contributed by atoms with Crippen molar-refractivity contribution in [2.24, 2.45) is 11.3 Å². The quantitative estimate of drug-likeness (QED) is 0.868. The van der Waals surface area contributed by atoms with Crippen molar-refractivity contribution in [3.8, 4) is 0 Å². The van der Waals surface area contributed by atoms with Gasteiger partial charge in [-0.15, -0.1) is 0 Å². The summed E-state index contributed by atoms with van der Waals surface area (Å²) < 4.78 is 13.0. The number of nitrogens with zero attached hydrogens (tertiary/aromatic N) is 1. The predicted octanol–water partition coefficient (Wildman–Crippen LogP) is 3.72. The number of hydrogen-bond donors (Lipinski definition) is 1. The average Bonchev–Trinajstić information content (AvgIpc) is 2.14. The normalized spacial score (nSPS) is 15.6. The van der Waals surface area contributed by atoms with Crippen LogP contribution in [0.2, 0.25) is 0 Å². The van der Waals surface area contributed by atoms with Crippen molar-refractivity contribution in [1.29, 1.82) is 0 Å². The van der Waals surface area contributed by atoms with Crippen LogP contribution in [-0.4, -0.2) is 10.1 Å². The van der Waals surface area contributed by atoms with E-state index in [2.05, 4.69) is 32.7 Å². The molecule has 1 N–H and O–H groups in total. The zero-order chi connectivity index (χ0) is 13.1. The van der Waals surface area contributed by atoms with E-state index in [1.54, 1.807) is 0 Å². The summed E-state index contributed by atoms with van der Waals surface area (Å²) in [6.45, 7) is 8.65. The van der Waals surface area contributed by atoms with Gasteiger partial charge in [-0.3, -0.25) is 4.98 Å². The molecule has 0 aliphatic carbocycles. The molecule has 0 aromatic carbocycles. The van der Waals surface area contributed by atoms with E-state index in [1.165, 1.54) is 12.3 Å². The Balaban J connectivity index is 2.57. The molecule has 3 heteroatoms. The Hall–Kier alpha value is -0.960. The lowest BCUT2D eigenvalue weighted by molar-refractivity contribution is 0.133. The first-order chi connectivity index (χ1) is 7.78. The topological polar surface area (TPSA) is 33.1 Å². The number of aromatic nitrogens is 1. The molecule has 0 spiro atoms. The molecule has 0 aliphatic rings. The van der Waals surface area contributed by atoms with E-state index >= 15 is 0 Å². The van der Waals surface area contributed by atoms with Gasteiger partial charge in [0.15, 0.2) is 0 Å². The molecule has 2 unspecified atom stereocenters. The second-order valence-electron chi connectivity index (χ2n) is 6.06. The molecule has 0 bridgehead atoms. The fraction of sp³-hybridized carbons (Fsp3) is 0.643. The Morgan fingerprint density at radius 1 is 1.35 bits per heavy atom. The minimum absolute atomic E-state index is 0.249. The molecule has 1 heterocycles. The lowest BCUT2D eigenvalue weighted by Crippen LogP contribution is -2.13. The summed E-state index contributed by atoms with van der Waals surface area (Å²) >= 11 is 0. The van der Waals surface area contributed by atoms with Gasteiger partial charge in [-0.25, -0.2) is 4.39 Å². The van der Waals surface area contributed by atoms with Crippen LogP contribution in [-0.2, 0) is 0 Å². The van der Waals surface area contributed by atoms with E-state index in [-0.39, 0.29) is 5.41 Å². The van der Waals surface area contributed by atoms with Gasteiger partial charge in [0.05, 0.1) is 12.3 Å². The highest BCUT2D eigenvalue weighted by atomic mass is 19.1. The predicted molar refractivity (Wildman–Crippen MR) is 67.0 cm³/mol. The molecule has 17 heavy (non-hydrogen) atoms. The number of hydrogen-bond acceptors (Lipinski definition) is 2. The first-order valence-electron chi connectivity index (χ1n) is 6.06. The zero-order valence-electron chi connectivity index (χ0n) is 11.1. The summed E-state index contributed by atoms with van der Waals surface area (Å²) in [6, 6.07) is 1.35. The Bertz CT molecular complexity index is 359. The minimum atomic E-state index is -0.629. The van der Waals surface area contributed by atoms with Gasteiger partial charge < -0.3 is 5.11 Å². The molecular weight excluding hydrogens is 217 g/mol. The molecule has 0 amide bonds. The molecule has 96 valence electrons. The van der Waals surface area contributed by atoms with Crippen molar-refractivity contribution in [2.45, 2.75) is 46.6 Å². The van der Waals surface area contributed by atoms with Crippen LogP contribution < -0.4 is 0 Å². The maximum atomic E-state index is 13.0. The van der Waals surface area contributed by atoms with Crippen LogP contribution in [0.4, 0.5) is 4.39 Å². The van der Waals surface area contributed by atoms with Gasteiger partial charge in [-0.05, 0) is 30.2 Å². The molecule has 0 fully saturated rings. The number of aliphatic hydroxyl groups excluding tert-OH is 1. The summed E-state index contributed by atoms with van der Waals surface area (Å²) in [7, 11) is 0. The van der Waals surface area contributed by atoms with Crippen molar-refractivity contribution in [2.75, 3.05) is 0 Å². The number of rotatable bonds is 4. The third kappa shape index (κ3) is 5.26. The first kappa shape index (κ1) is 14.1. The lowest BCUT2D eigenvalue weighted by Gasteiger charge is -2.24. The van der Waals surface area contributed by atoms with Crippen LogP contribution in [0.25, 0.3) is 0 Å². The standard InChI is InChI=1S/C14H22FNO/c1-10(7-14(2,3)4)5-13(17)11-6-12(15)9-16-8-11/h6,8-10,13,17H,5,7H2,1-4H3. The maximum Gasteiger partial charge on any atom is 0.141 e. The minimum Gasteiger partial charge on any atom is -0.388 e. The fourth-order valence-electron chi connectivity index (χ4n) is 2.26. The highest BCUT2D eigenvalue weighted by Gasteiger charge is 2.19. The largest absolute Gasteiger partial charge is 0.388 e. The van der Waals surface area contributed by atoms with Crippen LogP contribution in [0.5, 0.6) is 0 Å². The third-order valence-electron chi connectivity index (χ3n) is 2.70. The molecule has 2 nitrogen and oxygen atoms in total. The van der Waals surface area contributed by atoms with Crippen molar-refractivity contribution < 1.29 is 9.50 Å². The Morgan fingerprint density at radius 2 is 2.00 bits per heavy atom. The van der Waals surface area contributed by atoms with Crippen LogP contribution in [0.3, 0.4) is 0 Å². The fourth-order valence-corrected chi connectivity index (χ4v) is 2.26. The second kappa shape index (κ2) is 5.58. The molecule has 2 atom stereocenters. The van der Waals surface area contributed by atoms with Gasteiger partial charge in [-0.1, -0.05) is 27.7 Å². The number of halogens is 1. The van der Waals surface area contributed by atoms with Crippen LogP contribution in [0.15, 0.2) is 18.5 Å². The van der Waals surface area contributed by atoms with Crippen LogP contribution >= 0.6 is 0 Å². The van der Waals surface area contributed by atoms with E-state index in [0.29, 0.717) is 17.9 Å². The first-order valence-corrected chi connectivity index (χ1v) is 6.06. The summed E-state index contributed by atoms with van der Waals surface area (Å²) in [5.41, 5.74) is 0.810. The van der Waals surface area contributed by atoms with E-state index < -0.39 is 11.9 Å². The molecule has 0 saturated heterocycles. The van der Waals surface area contributed by atoms with Gasteiger partial charge >= 0.3 is 0 Å². The van der Waals surface area contributed by atoms with Crippen molar-refractivity contribution >= 4 is 0 Å². The zero-order valence-corrected chi connectivity index (χ0v) is 11.1. The number of aliphatic hydroxyl groups is 1. The Morgan fingerprint density at radius 3 is 2.53 bits per heavy atom. The van der Waals surface area contributed by atoms with E-state index in [9.17, 15) is 9.50 Å². The second-order valence-corrected chi connectivity index (χ2v) is 6.06. The summed E-state index contributed by atoms with van der Waals surface area (Å²) in [5.74, 6) is -0.00158. The molecule has 1 aromatic rings. The molecule has 0 radical (unpaired) electrons. The van der Waals surface area contributed by atoms with Gasteiger partial charge in [0, 0.05) is 11.8 Å². The van der Waals surface area contributed by atoms with E-state index in [4.69, 9.17) is 0 Å². The van der Waals surface area contributed by atoms with Crippen molar-refractivity contribution in [3.63, 3.8) is 0 Å². The SMILES string of the molecule is CC(CC(O)c1cncc(F)c1)CC(C)(C)C. The highest BCUT2D eigenvalue weighted by molar-refractivity contribution is 5.13. The van der Waals surface area contributed by atoms with Gasteiger partial charge in [0.2, 0.25) is 0 Å². The van der Waals surface area contributed by atoms with Crippen LogP contribution in [0.1, 0.15) is 52.2 Å². The van der Waals surface area contributed by atoms with Crippen LogP contribution in [0, 0.1) is 17.2 Å². The van der Waals surface area contributed by atoms with E-state index in [0.717, 1.165) is 12.6 Å². The molecule has 1 rings (SSSR count). The highest BCUT2D eigenvalue weighted by Crippen LogP contribution is 2.30. The summed E-state index contributed by atoms with van der Waals surface area (Å²) in [5, 5.41) is 10.0. The Kier molecular flexibility index (Phi) is 4.63. The van der Waals surface area contributed by atoms with Gasteiger partial charge in [0.25, 0.3) is 0 Å².